The second-order valence-electron chi connectivity index (χ2n) is 12.8. The van der Waals surface area contributed by atoms with Crippen molar-refractivity contribution >= 4 is 90.0 Å². The quantitative estimate of drug-likeness (QED) is 0.0796. The highest BCUT2D eigenvalue weighted by atomic mass is 35.5. The molecule has 0 unspecified atom stereocenters. The SMILES string of the molecule is Oc1ccc2[nH]cc(C(c3c(Cl)c(Cl)c(C(c4c[nH]c5ccc(O)cc45)c4c[nH]c5ccc(O)cc45)c(Cl)c3Cl)c3c[nH]c4ccc(O)cc34)c2c1. The number of nitrogens with one attached hydrogen (secondary N) is 4. The Balaban J connectivity index is 1.35. The van der Waals surface area contributed by atoms with E-state index in [-0.39, 0.29) is 43.1 Å². The molecule has 0 aliphatic rings. The van der Waals surface area contributed by atoms with Crippen LogP contribution in [0, 0.1) is 0 Å². The first-order chi connectivity index (χ1) is 25.1. The van der Waals surface area contributed by atoms with Crippen LogP contribution in [0.2, 0.25) is 20.1 Å². The smallest absolute Gasteiger partial charge is 0.116 e. The van der Waals surface area contributed by atoms with Crippen LogP contribution in [0.15, 0.2) is 97.6 Å². The molecule has 0 amide bonds. The molecular weight excluding hydrogens is 742 g/mol. The zero-order valence-electron chi connectivity index (χ0n) is 26.7. The van der Waals surface area contributed by atoms with Gasteiger partial charge in [0.05, 0.1) is 20.1 Å². The number of H-pyrrole nitrogens is 4. The molecule has 0 spiro atoms. The van der Waals surface area contributed by atoms with E-state index >= 15 is 0 Å². The summed E-state index contributed by atoms with van der Waals surface area (Å²) in [4.78, 5) is 13.2. The Hall–Kier alpha value is -5.38. The van der Waals surface area contributed by atoms with Gasteiger partial charge in [-0.3, -0.25) is 0 Å². The van der Waals surface area contributed by atoms with Crippen LogP contribution in [0.1, 0.15) is 45.2 Å². The summed E-state index contributed by atoms with van der Waals surface area (Å²) in [6.07, 6.45) is 7.33. The van der Waals surface area contributed by atoms with Crippen molar-refractivity contribution in [3.8, 4) is 23.0 Å². The van der Waals surface area contributed by atoms with Crippen molar-refractivity contribution in [2.75, 3.05) is 0 Å². The molecule has 52 heavy (non-hydrogen) atoms. The highest BCUT2D eigenvalue weighted by molar-refractivity contribution is 6.49. The number of aromatic nitrogens is 4. The predicted octanol–water partition coefficient (Wildman–Crippen LogP) is 11.4. The van der Waals surface area contributed by atoms with Gasteiger partial charge in [-0.15, -0.1) is 0 Å². The van der Waals surface area contributed by atoms with Gasteiger partial charge in [0, 0.05) is 91.4 Å². The third kappa shape index (κ3) is 4.98. The van der Waals surface area contributed by atoms with Crippen LogP contribution in [-0.4, -0.2) is 40.4 Å². The summed E-state index contributed by atoms with van der Waals surface area (Å²) in [5.41, 5.74) is 6.84. The molecule has 0 aliphatic heterocycles. The van der Waals surface area contributed by atoms with Crippen molar-refractivity contribution in [3.63, 3.8) is 0 Å². The first-order valence-corrected chi connectivity index (χ1v) is 17.7. The average Bonchev–Trinajstić information content (AvgIpc) is 3.93. The first kappa shape index (κ1) is 32.5. The van der Waals surface area contributed by atoms with Crippen molar-refractivity contribution in [1.29, 1.82) is 0 Å². The van der Waals surface area contributed by atoms with Crippen LogP contribution in [-0.2, 0) is 0 Å². The molecule has 0 radical (unpaired) electrons. The largest absolute Gasteiger partial charge is 0.508 e. The summed E-state index contributed by atoms with van der Waals surface area (Å²) in [7, 11) is 0. The van der Waals surface area contributed by atoms with Crippen LogP contribution in [0.3, 0.4) is 0 Å². The zero-order valence-corrected chi connectivity index (χ0v) is 29.7. The Morgan fingerprint density at radius 3 is 0.827 bits per heavy atom. The lowest BCUT2D eigenvalue weighted by atomic mass is 9.81. The fourth-order valence-corrected chi connectivity index (χ4v) is 8.92. The van der Waals surface area contributed by atoms with Crippen LogP contribution in [0.4, 0.5) is 0 Å². The standard InChI is InChI=1S/C40H26Cl4N4O4/c41-37-35(33(25-13-45-29-5-1-17(49)9-21(25)29)26-14-46-30-6-2-18(50)10-22(26)30)38(42)40(44)36(39(37)43)34(27-15-47-31-7-3-19(51)11-23(27)31)28-16-48-32-8-4-20(52)12-24(28)32/h1-16,33-34,45-52H. The fourth-order valence-electron chi connectivity index (χ4n) is 7.61. The van der Waals surface area contributed by atoms with Gasteiger partial charge >= 0.3 is 0 Å². The molecule has 4 heterocycles. The third-order valence-electron chi connectivity index (χ3n) is 9.94. The number of halogens is 4. The van der Waals surface area contributed by atoms with Crippen LogP contribution in [0.25, 0.3) is 43.6 Å². The predicted molar refractivity (Wildman–Crippen MR) is 208 cm³/mol. The second-order valence-corrected chi connectivity index (χ2v) is 14.4. The summed E-state index contributed by atoms with van der Waals surface area (Å²) in [5, 5.41) is 45.6. The normalized spacial score (nSPS) is 12.1. The van der Waals surface area contributed by atoms with Crippen molar-refractivity contribution in [2.24, 2.45) is 0 Å². The molecule has 9 aromatic rings. The lowest BCUT2D eigenvalue weighted by Crippen LogP contribution is -2.10. The highest BCUT2D eigenvalue weighted by Crippen LogP contribution is 2.54. The van der Waals surface area contributed by atoms with Crippen molar-refractivity contribution in [3.05, 3.63) is 151 Å². The van der Waals surface area contributed by atoms with Gasteiger partial charge in [0.1, 0.15) is 23.0 Å². The molecule has 0 bridgehead atoms. The maximum Gasteiger partial charge on any atom is 0.116 e. The Morgan fingerprint density at radius 1 is 0.365 bits per heavy atom. The van der Waals surface area contributed by atoms with E-state index in [1.165, 1.54) is 0 Å². The molecule has 258 valence electrons. The number of rotatable bonds is 6. The third-order valence-corrected chi connectivity index (χ3v) is 11.7. The van der Waals surface area contributed by atoms with E-state index in [2.05, 4.69) is 19.9 Å². The molecule has 0 atom stereocenters. The average molecular weight is 768 g/mol. The van der Waals surface area contributed by atoms with Gasteiger partial charge in [0.15, 0.2) is 0 Å². The maximum atomic E-state index is 10.5. The van der Waals surface area contributed by atoms with Gasteiger partial charge in [0.25, 0.3) is 0 Å². The lowest BCUT2D eigenvalue weighted by Gasteiger charge is -2.26. The lowest BCUT2D eigenvalue weighted by molar-refractivity contribution is 0.475. The molecule has 0 aliphatic carbocycles. The maximum absolute atomic E-state index is 10.5. The second kappa shape index (κ2) is 12.1. The first-order valence-electron chi connectivity index (χ1n) is 16.1. The minimum Gasteiger partial charge on any atom is -0.508 e. The van der Waals surface area contributed by atoms with E-state index in [0.29, 0.717) is 11.1 Å². The molecule has 8 N–H and O–H groups in total. The number of aromatic hydroxyl groups is 4. The molecule has 5 aromatic carbocycles. The van der Waals surface area contributed by atoms with Gasteiger partial charge in [0.2, 0.25) is 0 Å². The van der Waals surface area contributed by atoms with E-state index in [9.17, 15) is 20.4 Å². The number of hydrogen-bond acceptors (Lipinski definition) is 4. The summed E-state index contributed by atoms with van der Waals surface area (Å²) in [6, 6.07) is 20.1. The Bertz CT molecular complexity index is 2500. The zero-order chi connectivity index (χ0) is 36.0. The number of phenols is 4. The summed E-state index contributed by atoms with van der Waals surface area (Å²) in [6.45, 7) is 0. The van der Waals surface area contributed by atoms with Gasteiger partial charge in [-0.05, 0) is 95.1 Å². The number of phenolic OH excluding ortho intramolecular Hbond substituents is 4. The molecular formula is C40H26Cl4N4O4. The Labute approximate surface area is 314 Å². The van der Waals surface area contributed by atoms with Crippen LogP contribution < -0.4 is 0 Å². The van der Waals surface area contributed by atoms with E-state index in [1.54, 1.807) is 72.8 Å². The summed E-state index contributed by atoms with van der Waals surface area (Å²) in [5.74, 6) is -1.09. The van der Waals surface area contributed by atoms with Gasteiger partial charge in [-0.25, -0.2) is 0 Å². The number of aromatic amines is 4. The van der Waals surface area contributed by atoms with Crippen LogP contribution >= 0.6 is 46.4 Å². The minimum atomic E-state index is -0.691. The van der Waals surface area contributed by atoms with Gasteiger partial charge in [-0.1, -0.05) is 46.4 Å². The number of fused-ring (bicyclic) bond motifs is 4. The summed E-state index contributed by atoms with van der Waals surface area (Å²) >= 11 is 29.7. The van der Waals surface area contributed by atoms with Gasteiger partial charge < -0.3 is 40.4 Å². The molecule has 8 nitrogen and oxygen atoms in total. The fraction of sp³-hybridized carbons (Fsp3) is 0.0500. The molecule has 0 saturated carbocycles. The Kier molecular flexibility index (Phi) is 7.57. The summed E-state index contributed by atoms with van der Waals surface area (Å²) < 4.78 is 0. The van der Waals surface area contributed by atoms with E-state index in [0.717, 1.165) is 65.9 Å². The molecule has 4 aromatic heterocycles. The monoisotopic (exact) mass is 766 g/mol. The molecule has 12 heteroatoms. The molecule has 0 saturated heterocycles. The van der Waals surface area contributed by atoms with Gasteiger partial charge in [-0.2, -0.15) is 0 Å². The van der Waals surface area contributed by atoms with Crippen molar-refractivity contribution in [2.45, 2.75) is 11.8 Å². The Morgan fingerprint density at radius 2 is 0.596 bits per heavy atom. The van der Waals surface area contributed by atoms with E-state index < -0.39 is 11.8 Å². The van der Waals surface area contributed by atoms with Crippen molar-refractivity contribution < 1.29 is 20.4 Å². The van der Waals surface area contributed by atoms with E-state index in [4.69, 9.17) is 46.4 Å². The van der Waals surface area contributed by atoms with Crippen molar-refractivity contribution in [1.82, 2.24) is 19.9 Å². The molecule has 0 fully saturated rings. The topological polar surface area (TPSA) is 144 Å². The highest BCUT2D eigenvalue weighted by Gasteiger charge is 2.35. The number of benzene rings is 5. The van der Waals surface area contributed by atoms with Crippen LogP contribution in [0.5, 0.6) is 23.0 Å². The van der Waals surface area contributed by atoms with E-state index in [1.807, 2.05) is 24.8 Å². The minimum absolute atomic E-state index is 0.0738. The molecule has 9 rings (SSSR count). The number of hydrogen-bond donors (Lipinski definition) is 8.